The van der Waals surface area contributed by atoms with Crippen LogP contribution >= 0.6 is 11.6 Å². The molecule has 0 spiro atoms. The van der Waals surface area contributed by atoms with Crippen LogP contribution in [0.25, 0.3) is 5.70 Å². The molecule has 4 N–H and O–H groups in total. The van der Waals surface area contributed by atoms with Crippen molar-refractivity contribution in [3.05, 3.63) is 39.9 Å². The van der Waals surface area contributed by atoms with Gasteiger partial charge in [-0.2, -0.15) is 0 Å². The van der Waals surface area contributed by atoms with Gasteiger partial charge in [-0.25, -0.2) is 0 Å². The van der Waals surface area contributed by atoms with Crippen LogP contribution in [0.3, 0.4) is 0 Å². The summed E-state index contributed by atoms with van der Waals surface area (Å²) in [6.07, 6.45) is -1.90. The van der Waals surface area contributed by atoms with Gasteiger partial charge in [0.15, 0.2) is 0 Å². The number of hydrogen-bond acceptors (Lipinski definition) is 3. The van der Waals surface area contributed by atoms with E-state index in [4.69, 9.17) is 17.3 Å². The van der Waals surface area contributed by atoms with Crippen LogP contribution < -0.4 is 5.73 Å². The number of aliphatic hydroxyl groups is 2. The molecular formula is C11H12ClNO2. The van der Waals surface area contributed by atoms with Gasteiger partial charge in [0.05, 0.1) is 0 Å². The lowest BCUT2D eigenvalue weighted by Gasteiger charge is -2.28. The summed E-state index contributed by atoms with van der Waals surface area (Å²) < 4.78 is 0. The molecule has 1 aliphatic carbocycles. The Hall–Kier alpha value is -1.03. The smallest absolute Gasteiger partial charge is 0.109 e. The van der Waals surface area contributed by atoms with Gasteiger partial charge in [-0.15, -0.1) is 0 Å². The zero-order valence-corrected chi connectivity index (χ0v) is 8.99. The molecule has 0 fully saturated rings. The third-order valence-electron chi connectivity index (χ3n) is 2.79. The van der Waals surface area contributed by atoms with Gasteiger partial charge < -0.3 is 15.9 Å². The number of aliphatic hydroxyl groups excluding tert-OH is 2. The molecule has 0 saturated carbocycles. The summed E-state index contributed by atoms with van der Waals surface area (Å²) in [6.45, 7) is 1.71. The molecule has 80 valence electrons. The lowest BCUT2D eigenvalue weighted by molar-refractivity contribution is 0.0393. The van der Waals surface area contributed by atoms with Crippen molar-refractivity contribution in [3.63, 3.8) is 0 Å². The molecule has 2 unspecified atom stereocenters. The number of halogens is 1. The average Bonchev–Trinajstić information content (AvgIpc) is 2.23. The first-order valence-electron chi connectivity index (χ1n) is 4.64. The van der Waals surface area contributed by atoms with Gasteiger partial charge in [-0.05, 0) is 30.2 Å². The highest BCUT2D eigenvalue weighted by atomic mass is 35.5. The quantitative estimate of drug-likeness (QED) is 0.626. The minimum atomic E-state index is -0.953. The Kier molecular flexibility index (Phi) is 2.46. The van der Waals surface area contributed by atoms with Gasteiger partial charge >= 0.3 is 0 Å². The van der Waals surface area contributed by atoms with E-state index in [2.05, 4.69) is 0 Å². The van der Waals surface area contributed by atoms with E-state index in [0.29, 0.717) is 21.9 Å². The molecule has 2 atom stereocenters. The van der Waals surface area contributed by atoms with Crippen molar-refractivity contribution in [1.29, 1.82) is 0 Å². The van der Waals surface area contributed by atoms with Crippen LogP contribution in [0.5, 0.6) is 0 Å². The molecular weight excluding hydrogens is 214 g/mol. The van der Waals surface area contributed by atoms with Gasteiger partial charge in [-0.3, -0.25) is 0 Å². The van der Waals surface area contributed by atoms with Crippen LogP contribution in [0.15, 0.2) is 23.8 Å². The number of benzene rings is 1. The van der Waals surface area contributed by atoms with Crippen LogP contribution in [0.2, 0.25) is 5.02 Å². The van der Waals surface area contributed by atoms with Gasteiger partial charge in [0.25, 0.3) is 0 Å². The Morgan fingerprint density at radius 2 is 1.93 bits per heavy atom. The Bertz CT molecular complexity index is 442. The topological polar surface area (TPSA) is 66.5 Å². The standard InChI is InChI=1S/C11H12ClNO2/c1-5-9(13)7-3-2-6(12)4-8(7)11(15)10(5)14/h2-4,10-11,14-15H,13H2,1H3. The fourth-order valence-corrected chi connectivity index (χ4v) is 1.98. The van der Waals surface area contributed by atoms with E-state index in [9.17, 15) is 10.2 Å². The Labute approximate surface area is 92.8 Å². The summed E-state index contributed by atoms with van der Waals surface area (Å²) in [5, 5.41) is 20.1. The molecule has 1 aliphatic rings. The van der Waals surface area contributed by atoms with Crippen LogP contribution in [0, 0.1) is 0 Å². The third kappa shape index (κ3) is 1.53. The third-order valence-corrected chi connectivity index (χ3v) is 3.03. The maximum Gasteiger partial charge on any atom is 0.109 e. The summed E-state index contributed by atoms with van der Waals surface area (Å²) in [4.78, 5) is 0. The van der Waals surface area contributed by atoms with E-state index >= 15 is 0 Å². The van der Waals surface area contributed by atoms with Crippen molar-refractivity contribution in [2.24, 2.45) is 5.73 Å². The number of fused-ring (bicyclic) bond motifs is 1. The zero-order valence-electron chi connectivity index (χ0n) is 8.24. The molecule has 0 saturated heterocycles. The normalized spacial score (nSPS) is 25.3. The van der Waals surface area contributed by atoms with E-state index in [-0.39, 0.29) is 0 Å². The molecule has 0 aliphatic heterocycles. The van der Waals surface area contributed by atoms with Crippen molar-refractivity contribution in [2.75, 3.05) is 0 Å². The highest BCUT2D eigenvalue weighted by molar-refractivity contribution is 6.30. The maximum absolute atomic E-state index is 9.84. The van der Waals surface area contributed by atoms with Crippen molar-refractivity contribution < 1.29 is 10.2 Å². The fourth-order valence-electron chi connectivity index (χ4n) is 1.80. The molecule has 0 radical (unpaired) electrons. The minimum Gasteiger partial charge on any atom is -0.398 e. The SMILES string of the molecule is CC1=C(N)c2ccc(Cl)cc2C(O)C1O. The average molecular weight is 226 g/mol. The predicted octanol–water partition coefficient (Wildman–Crippen LogP) is 1.44. The first-order chi connectivity index (χ1) is 7.02. The van der Waals surface area contributed by atoms with Crippen LogP contribution in [-0.2, 0) is 0 Å². The Morgan fingerprint density at radius 3 is 2.60 bits per heavy atom. The van der Waals surface area contributed by atoms with Crippen molar-refractivity contribution in [2.45, 2.75) is 19.1 Å². The zero-order chi connectivity index (χ0) is 11.2. The van der Waals surface area contributed by atoms with Crippen molar-refractivity contribution >= 4 is 17.3 Å². The van der Waals surface area contributed by atoms with Gasteiger partial charge in [0.2, 0.25) is 0 Å². The molecule has 1 aromatic carbocycles. The van der Waals surface area contributed by atoms with Crippen molar-refractivity contribution in [3.8, 4) is 0 Å². The maximum atomic E-state index is 9.84. The van der Waals surface area contributed by atoms with Crippen molar-refractivity contribution in [1.82, 2.24) is 0 Å². The molecule has 15 heavy (non-hydrogen) atoms. The first kappa shape index (κ1) is 10.5. The van der Waals surface area contributed by atoms with E-state index in [1.165, 1.54) is 0 Å². The van der Waals surface area contributed by atoms with Gasteiger partial charge in [-0.1, -0.05) is 17.7 Å². The number of rotatable bonds is 0. The monoisotopic (exact) mass is 225 g/mol. The summed E-state index contributed by atoms with van der Waals surface area (Å²) in [5.74, 6) is 0. The molecule has 4 heteroatoms. The summed E-state index contributed by atoms with van der Waals surface area (Å²) >= 11 is 5.82. The second-order valence-electron chi connectivity index (χ2n) is 3.72. The van der Waals surface area contributed by atoms with E-state index in [1.807, 2.05) is 0 Å². The second-order valence-corrected chi connectivity index (χ2v) is 4.15. The van der Waals surface area contributed by atoms with E-state index in [0.717, 1.165) is 5.56 Å². The molecule has 0 heterocycles. The van der Waals surface area contributed by atoms with Gasteiger partial charge in [0.1, 0.15) is 12.2 Å². The Balaban J connectivity index is 2.66. The highest BCUT2D eigenvalue weighted by Gasteiger charge is 2.29. The predicted molar refractivity (Wildman–Crippen MR) is 59.2 cm³/mol. The number of hydrogen-bond donors (Lipinski definition) is 3. The van der Waals surface area contributed by atoms with E-state index in [1.54, 1.807) is 25.1 Å². The molecule has 1 aromatic rings. The summed E-state index contributed by atoms with van der Waals surface area (Å²) in [7, 11) is 0. The molecule has 0 bridgehead atoms. The fraction of sp³-hybridized carbons (Fsp3) is 0.273. The highest BCUT2D eigenvalue weighted by Crippen LogP contribution is 2.36. The number of nitrogens with two attached hydrogens (primary N) is 1. The largest absolute Gasteiger partial charge is 0.398 e. The summed E-state index contributed by atoms with van der Waals surface area (Å²) in [6, 6.07) is 5.10. The second kappa shape index (κ2) is 3.52. The lowest BCUT2D eigenvalue weighted by atomic mass is 9.86. The first-order valence-corrected chi connectivity index (χ1v) is 5.02. The molecule has 3 nitrogen and oxygen atoms in total. The minimum absolute atomic E-state index is 0.513. The van der Waals surface area contributed by atoms with Crippen LogP contribution in [-0.4, -0.2) is 16.3 Å². The van der Waals surface area contributed by atoms with Crippen LogP contribution in [0.4, 0.5) is 0 Å². The molecule has 0 amide bonds. The summed E-state index contributed by atoms with van der Waals surface area (Å²) in [5.41, 5.74) is 8.29. The van der Waals surface area contributed by atoms with Gasteiger partial charge in [0, 0.05) is 16.3 Å². The van der Waals surface area contributed by atoms with Crippen LogP contribution in [0.1, 0.15) is 24.2 Å². The molecule has 2 rings (SSSR count). The lowest BCUT2D eigenvalue weighted by Crippen LogP contribution is -2.27. The molecule has 0 aromatic heterocycles. The van der Waals surface area contributed by atoms with E-state index < -0.39 is 12.2 Å². The Morgan fingerprint density at radius 1 is 1.27 bits per heavy atom.